The number of benzene rings is 1. The fourth-order valence-electron chi connectivity index (χ4n) is 2.80. The number of nitrogens with zero attached hydrogens (tertiary/aromatic N) is 2. The normalized spacial score (nSPS) is 18.1. The Morgan fingerprint density at radius 2 is 1.95 bits per heavy atom. The molecular formula is C15H16N2O3. The molecule has 5 nitrogen and oxygen atoms in total. The van der Waals surface area contributed by atoms with Gasteiger partial charge in [-0.1, -0.05) is 0 Å². The van der Waals surface area contributed by atoms with E-state index in [1.54, 1.807) is 0 Å². The van der Waals surface area contributed by atoms with Crippen LogP contribution in [0.15, 0.2) is 24.4 Å². The van der Waals surface area contributed by atoms with Gasteiger partial charge >= 0.3 is 0 Å². The average molecular weight is 272 g/mol. The molecule has 104 valence electrons. The van der Waals surface area contributed by atoms with Gasteiger partial charge in [0.2, 0.25) is 0 Å². The van der Waals surface area contributed by atoms with Crippen molar-refractivity contribution in [1.29, 1.82) is 0 Å². The van der Waals surface area contributed by atoms with Gasteiger partial charge < -0.3 is 19.5 Å². The summed E-state index contributed by atoms with van der Waals surface area (Å²) in [5.41, 5.74) is 0. The molecule has 20 heavy (non-hydrogen) atoms. The van der Waals surface area contributed by atoms with E-state index in [9.17, 15) is 0 Å². The smallest absolute Gasteiger partial charge is 0.162 e. The van der Waals surface area contributed by atoms with Crippen molar-refractivity contribution in [2.75, 3.05) is 37.8 Å². The Labute approximate surface area is 116 Å². The standard InChI is InChI=1S/C15H16N2O3/c18-9-10-7-17(8-10)15-12-6-14-13(19-3-4-20-14)5-11(12)1-2-16-15/h1-2,5-6,10,18H,3-4,7-9H2. The Bertz CT molecular complexity index is 653. The Kier molecular flexibility index (Phi) is 2.67. The lowest BCUT2D eigenvalue weighted by molar-refractivity contribution is 0.172. The number of hydrogen-bond acceptors (Lipinski definition) is 5. The van der Waals surface area contributed by atoms with Crippen LogP contribution in [0.25, 0.3) is 10.8 Å². The quantitative estimate of drug-likeness (QED) is 0.896. The number of hydrogen-bond donors (Lipinski definition) is 1. The molecule has 0 spiro atoms. The van der Waals surface area contributed by atoms with Crippen molar-refractivity contribution in [2.45, 2.75) is 0 Å². The highest BCUT2D eigenvalue weighted by atomic mass is 16.6. The van der Waals surface area contributed by atoms with Gasteiger partial charge in [-0.25, -0.2) is 4.98 Å². The van der Waals surface area contributed by atoms with Crippen LogP contribution in [0.2, 0.25) is 0 Å². The molecule has 0 aliphatic carbocycles. The van der Waals surface area contributed by atoms with Crippen LogP contribution in [-0.4, -0.2) is 43.0 Å². The van der Waals surface area contributed by atoms with E-state index in [1.165, 1.54) is 0 Å². The predicted octanol–water partition coefficient (Wildman–Crippen LogP) is 1.43. The van der Waals surface area contributed by atoms with Crippen LogP contribution in [-0.2, 0) is 0 Å². The van der Waals surface area contributed by atoms with Gasteiger partial charge in [0.15, 0.2) is 11.5 Å². The molecular weight excluding hydrogens is 256 g/mol. The highest BCUT2D eigenvalue weighted by Crippen LogP contribution is 2.38. The molecule has 0 radical (unpaired) electrons. The van der Waals surface area contributed by atoms with Gasteiger partial charge in [-0.05, 0) is 23.6 Å². The minimum Gasteiger partial charge on any atom is -0.486 e. The molecule has 0 saturated carbocycles. The lowest BCUT2D eigenvalue weighted by Crippen LogP contribution is -2.48. The molecule has 1 fully saturated rings. The summed E-state index contributed by atoms with van der Waals surface area (Å²) in [7, 11) is 0. The summed E-state index contributed by atoms with van der Waals surface area (Å²) in [6.45, 7) is 3.15. The maximum atomic E-state index is 9.14. The van der Waals surface area contributed by atoms with Crippen molar-refractivity contribution in [3.63, 3.8) is 0 Å². The second kappa shape index (κ2) is 4.52. The maximum absolute atomic E-state index is 9.14. The molecule has 5 heteroatoms. The van der Waals surface area contributed by atoms with Gasteiger partial charge in [-0.2, -0.15) is 0 Å². The number of pyridine rings is 1. The molecule has 0 atom stereocenters. The van der Waals surface area contributed by atoms with Crippen LogP contribution >= 0.6 is 0 Å². The third kappa shape index (κ3) is 1.78. The molecule has 2 aliphatic rings. The Morgan fingerprint density at radius 3 is 2.70 bits per heavy atom. The molecule has 1 aromatic carbocycles. The third-order valence-electron chi connectivity index (χ3n) is 3.92. The molecule has 2 aromatic rings. The first-order chi connectivity index (χ1) is 9.85. The Balaban J connectivity index is 1.77. The van der Waals surface area contributed by atoms with Crippen molar-refractivity contribution >= 4 is 16.6 Å². The third-order valence-corrected chi connectivity index (χ3v) is 3.92. The zero-order chi connectivity index (χ0) is 13.5. The topological polar surface area (TPSA) is 54.8 Å². The Morgan fingerprint density at radius 1 is 1.20 bits per heavy atom. The van der Waals surface area contributed by atoms with Gasteiger partial charge in [0.1, 0.15) is 19.0 Å². The number of rotatable bonds is 2. The van der Waals surface area contributed by atoms with E-state index in [2.05, 4.69) is 9.88 Å². The van der Waals surface area contributed by atoms with E-state index in [1.807, 2.05) is 24.4 Å². The number of aliphatic hydroxyl groups is 1. The Hall–Kier alpha value is -2.01. The first kappa shape index (κ1) is 11.8. The number of fused-ring (bicyclic) bond motifs is 2. The van der Waals surface area contributed by atoms with Gasteiger partial charge in [0.25, 0.3) is 0 Å². The SMILES string of the molecule is OCC1CN(c2nccc3cc4c(cc23)OCCO4)C1. The molecule has 0 amide bonds. The van der Waals surface area contributed by atoms with Crippen LogP contribution in [0.1, 0.15) is 0 Å². The van der Waals surface area contributed by atoms with Gasteiger partial charge in [0.05, 0.1) is 0 Å². The zero-order valence-electron chi connectivity index (χ0n) is 11.1. The summed E-state index contributed by atoms with van der Waals surface area (Å²) in [6, 6.07) is 6.01. The van der Waals surface area contributed by atoms with E-state index in [0.717, 1.165) is 41.2 Å². The second-order valence-corrected chi connectivity index (χ2v) is 5.31. The number of aromatic nitrogens is 1. The number of anilines is 1. The van der Waals surface area contributed by atoms with Crippen molar-refractivity contribution in [3.05, 3.63) is 24.4 Å². The van der Waals surface area contributed by atoms with E-state index >= 15 is 0 Å². The molecule has 3 heterocycles. The molecule has 4 rings (SSSR count). The first-order valence-electron chi connectivity index (χ1n) is 6.89. The highest BCUT2D eigenvalue weighted by Gasteiger charge is 2.28. The van der Waals surface area contributed by atoms with Gasteiger partial charge in [-0.3, -0.25) is 0 Å². The predicted molar refractivity (Wildman–Crippen MR) is 75.5 cm³/mol. The summed E-state index contributed by atoms with van der Waals surface area (Å²) in [4.78, 5) is 6.69. The number of aliphatic hydroxyl groups excluding tert-OH is 1. The molecule has 0 bridgehead atoms. The van der Waals surface area contributed by atoms with E-state index < -0.39 is 0 Å². The van der Waals surface area contributed by atoms with Gasteiger partial charge in [-0.15, -0.1) is 0 Å². The van der Waals surface area contributed by atoms with E-state index in [4.69, 9.17) is 14.6 Å². The van der Waals surface area contributed by atoms with Crippen LogP contribution in [0.3, 0.4) is 0 Å². The molecule has 0 unspecified atom stereocenters. The van der Waals surface area contributed by atoms with Crippen LogP contribution in [0.4, 0.5) is 5.82 Å². The molecule has 1 N–H and O–H groups in total. The average Bonchev–Trinajstić information content (AvgIpc) is 2.44. The van der Waals surface area contributed by atoms with Crippen molar-refractivity contribution < 1.29 is 14.6 Å². The van der Waals surface area contributed by atoms with Crippen LogP contribution < -0.4 is 14.4 Å². The zero-order valence-corrected chi connectivity index (χ0v) is 11.1. The summed E-state index contributed by atoms with van der Waals surface area (Å²) in [5.74, 6) is 2.92. The van der Waals surface area contributed by atoms with Crippen molar-refractivity contribution in [2.24, 2.45) is 5.92 Å². The van der Waals surface area contributed by atoms with Gasteiger partial charge in [0, 0.05) is 37.2 Å². The largest absolute Gasteiger partial charge is 0.486 e. The summed E-state index contributed by atoms with van der Waals surface area (Å²) in [5, 5.41) is 11.3. The minimum absolute atomic E-state index is 0.244. The highest BCUT2D eigenvalue weighted by molar-refractivity contribution is 5.95. The molecule has 1 saturated heterocycles. The van der Waals surface area contributed by atoms with Crippen molar-refractivity contribution in [3.8, 4) is 11.5 Å². The summed E-state index contributed by atoms with van der Waals surface area (Å²) >= 11 is 0. The summed E-state index contributed by atoms with van der Waals surface area (Å²) < 4.78 is 11.3. The molecule has 1 aromatic heterocycles. The molecule has 2 aliphatic heterocycles. The minimum atomic E-state index is 0.244. The van der Waals surface area contributed by atoms with Crippen LogP contribution in [0, 0.1) is 5.92 Å². The monoisotopic (exact) mass is 272 g/mol. The number of ether oxygens (including phenoxy) is 2. The van der Waals surface area contributed by atoms with Crippen molar-refractivity contribution in [1.82, 2.24) is 4.98 Å². The van der Waals surface area contributed by atoms with E-state index in [0.29, 0.717) is 19.1 Å². The lowest BCUT2D eigenvalue weighted by atomic mass is 10.00. The second-order valence-electron chi connectivity index (χ2n) is 5.31. The lowest BCUT2D eigenvalue weighted by Gasteiger charge is -2.39. The first-order valence-corrected chi connectivity index (χ1v) is 6.89. The fraction of sp³-hybridized carbons (Fsp3) is 0.400. The summed E-state index contributed by atoms with van der Waals surface area (Å²) in [6.07, 6.45) is 1.82. The van der Waals surface area contributed by atoms with Crippen LogP contribution in [0.5, 0.6) is 11.5 Å². The van der Waals surface area contributed by atoms with E-state index in [-0.39, 0.29) is 6.61 Å². The maximum Gasteiger partial charge on any atom is 0.162 e. The fourth-order valence-corrected chi connectivity index (χ4v) is 2.80.